The Labute approximate surface area is 189 Å². The van der Waals surface area contributed by atoms with Crippen LogP contribution < -0.4 is 0 Å². The topological polar surface area (TPSA) is 81.0 Å². The van der Waals surface area contributed by atoms with Crippen molar-refractivity contribution < 1.29 is 22.5 Å². The zero-order chi connectivity index (χ0) is 22.1. The van der Waals surface area contributed by atoms with E-state index in [0.717, 1.165) is 11.4 Å². The first-order chi connectivity index (χ1) is 14.3. The molecule has 0 aliphatic carbocycles. The number of hydrogen-bond acceptors (Lipinski definition) is 5. The Morgan fingerprint density at radius 1 is 0.867 bits per heavy atom. The number of aryl methyl sites for hydroxylation is 1. The van der Waals surface area contributed by atoms with Gasteiger partial charge in [0.1, 0.15) is 11.5 Å². The van der Waals surface area contributed by atoms with Gasteiger partial charge in [-0.15, -0.1) is 0 Å². The molecule has 0 amide bonds. The first-order valence-electron chi connectivity index (χ1n) is 8.71. The second kappa shape index (κ2) is 11.7. The Bertz CT molecular complexity index is 1050. The Morgan fingerprint density at radius 3 is 1.67 bits per heavy atom. The zero-order valence-electron chi connectivity index (χ0n) is 16.4. The van der Waals surface area contributed by atoms with Crippen LogP contribution in [-0.2, 0) is 13.1 Å². The van der Waals surface area contributed by atoms with Crippen molar-refractivity contribution >= 4 is 48.7 Å². The molecule has 0 saturated carbocycles. The molecule has 1 heterocycles. The summed E-state index contributed by atoms with van der Waals surface area (Å²) in [5.74, 6) is 1.30. The average Bonchev–Trinajstić information content (AvgIpc) is 3.21. The van der Waals surface area contributed by atoms with E-state index in [9.17, 15) is 10.1 Å². The van der Waals surface area contributed by atoms with Gasteiger partial charge in [0.05, 0.1) is 27.7 Å². The van der Waals surface area contributed by atoms with E-state index in [2.05, 4.69) is 9.98 Å². The van der Waals surface area contributed by atoms with Crippen LogP contribution in [0.5, 0.6) is 0 Å². The molecule has 0 spiro atoms. The summed E-state index contributed by atoms with van der Waals surface area (Å²) in [6, 6.07) is 17.7. The van der Waals surface area contributed by atoms with Gasteiger partial charge < -0.3 is 4.42 Å². The van der Waals surface area contributed by atoms with Gasteiger partial charge in [-0.2, -0.15) is 0 Å². The Kier molecular flexibility index (Phi) is 9.27. The summed E-state index contributed by atoms with van der Waals surface area (Å²) in [5, 5.41) is 10.7. The van der Waals surface area contributed by atoms with Crippen LogP contribution in [0.1, 0.15) is 30.9 Å². The second-order valence-corrected chi connectivity index (χ2v) is 8.04. The van der Waals surface area contributed by atoms with Crippen LogP contribution in [0.25, 0.3) is 0 Å². The van der Waals surface area contributed by atoms with Crippen molar-refractivity contribution in [1.82, 2.24) is 0 Å². The van der Waals surface area contributed by atoms with Crippen molar-refractivity contribution in [2.75, 3.05) is 0 Å². The van der Waals surface area contributed by atoms with Gasteiger partial charge >= 0.3 is 33.3 Å². The van der Waals surface area contributed by atoms with Crippen molar-refractivity contribution in [1.29, 1.82) is 0 Å². The molecule has 0 unspecified atom stereocenters. The Morgan fingerprint density at radius 2 is 1.27 bits per heavy atom. The molecule has 0 aliphatic heterocycles. The number of non-ortho nitro benzene ring substituents is 1. The molecule has 0 bridgehead atoms. The Hall–Kier alpha value is -2.44. The summed E-state index contributed by atoms with van der Waals surface area (Å²) in [6.07, 6.45) is 0. The van der Waals surface area contributed by atoms with Crippen LogP contribution in [0.3, 0.4) is 0 Å². The molecule has 6 nitrogen and oxygen atoms in total. The first kappa shape index (κ1) is 23.8. The SMILES string of the molecule is CC(=Nc1ccc(C)cc1)c1ccc(C(C)=Nc2ccc([N+](=O)[O-])cc2)o1.[Cl][Fe][Cl]. The van der Waals surface area contributed by atoms with Crippen LogP contribution in [-0.4, -0.2) is 16.3 Å². The zero-order valence-corrected chi connectivity index (χ0v) is 19.1. The van der Waals surface area contributed by atoms with Crippen LogP contribution in [0.2, 0.25) is 0 Å². The third kappa shape index (κ3) is 7.11. The van der Waals surface area contributed by atoms with E-state index in [4.69, 9.17) is 24.6 Å². The molecule has 1 aromatic heterocycles. The normalized spacial score (nSPS) is 11.8. The van der Waals surface area contributed by atoms with Gasteiger partial charge in [-0.1, -0.05) is 17.7 Å². The number of benzene rings is 2. The Balaban J connectivity index is 0.00000101. The van der Waals surface area contributed by atoms with Gasteiger partial charge in [0.15, 0.2) is 0 Å². The number of furan rings is 1. The molecule has 3 rings (SSSR count). The molecule has 0 aliphatic rings. The number of halogens is 2. The molecule has 0 radical (unpaired) electrons. The van der Waals surface area contributed by atoms with Crippen LogP contribution in [0, 0.1) is 17.0 Å². The summed E-state index contributed by atoms with van der Waals surface area (Å²) in [5.41, 5.74) is 4.17. The van der Waals surface area contributed by atoms with E-state index >= 15 is 0 Å². The van der Waals surface area contributed by atoms with E-state index in [1.165, 1.54) is 17.7 Å². The minimum absolute atomic E-state index is 0.0369. The fraction of sp³-hybridized carbons (Fsp3) is 0.143. The van der Waals surface area contributed by atoms with E-state index in [1.807, 2.05) is 57.2 Å². The molecule has 158 valence electrons. The average molecular weight is 488 g/mol. The van der Waals surface area contributed by atoms with Gasteiger partial charge in [0.2, 0.25) is 0 Å². The number of nitro benzene ring substituents is 1. The summed E-state index contributed by atoms with van der Waals surface area (Å²) in [7, 11) is 9.53. The summed E-state index contributed by atoms with van der Waals surface area (Å²) < 4.78 is 5.87. The fourth-order valence-electron chi connectivity index (χ4n) is 2.49. The quantitative estimate of drug-likeness (QED) is 0.166. The summed E-state index contributed by atoms with van der Waals surface area (Å²) >= 11 is 0.194. The van der Waals surface area contributed by atoms with Crippen LogP contribution >= 0.6 is 20.2 Å². The second-order valence-electron chi connectivity index (χ2n) is 6.22. The van der Waals surface area contributed by atoms with Crippen molar-refractivity contribution in [3.63, 3.8) is 0 Å². The number of nitrogens with zero attached hydrogens (tertiary/aromatic N) is 3. The van der Waals surface area contributed by atoms with Gasteiger partial charge in [0, 0.05) is 12.1 Å². The predicted molar refractivity (Wildman–Crippen MR) is 118 cm³/mol. The number of nitro groups is 1. The maximum absolute atomic E-state index is 10.7. The number of aliphatic imine (C=N–C) groups is 2. The third-order valence-electron chi connectivity index (χ3n) is 4.01. The van der Waals surface area contributed by atoms with Gasteiger partial charge in [-0.05, 0) is 57.2 Å². The van der Waals surface area contributed by atoms with E-state index in [-0.39, 0.29) is 18.8 Å². The number of rotatable bonds is 5. The van der Waals surface area contributed by atoms with Gasteiger partial charge in [-0.25, -0.2) is 9.98 Å². The van der Waals surface area contributed by atoms with Crippen molar-refractivity contribution in [3.05, 3.63) is 87.9 Å². The maximum atomic E-state index is 10.7. The van der Waals surface area contributed by atoms with Crippen LogP contribution in [0.4, 0.5) is 17.1 Å². The first-order valence-corrected chi connectivity index (χ1v) is 11.8. The summed E-state index contributed by atoms with van der Waals surface area (Å²) in [6.45, 7) is 5.76. The van der Waals surface area contributed by atoms with Crippen molar-refractivity contribution in [2.24, 2.45) is 9.98 Å². The van der Waals surface area contributed by atoms with Gasteiger partial charge in [-0.3, -0.25) is 10.1 Å². The molecule has 2 aromatic carbocycles. The molecule has 9 heteroatoms. The molecule has 3 aromatic rings. The van der Waals surface area contributed by atoms with E-state index < -0.39 is 4.92 Å². The molecular formula is C21H19Cl2FeN3O3. The minimum atomic E-state index is -0.435. The molecule has 0 fully saturated rings. The molecular weight excluding hydrogens is 469 g/mol. The molecule has 0 N–H and O–H groups in total. The van der Waals surface area contributed by atoms with Crippen molar-refractivity contribution in [2.45, 2.75) is 20.8 Å². The monoisotopic (exact) mass is 487 g/mol. The summed E-state index contributed by atoms with van der Waals surface area (Å²) in [4.78, 5) is 19.3. The van der Waals surface area contributed by atoms with Crippen molar-refractivity contribution in [3.8, 4) is 0 Å². The predicted octanol–water partition coefficient (Wildman–Crippen LogP) is 7.15. The molecule has 0 saturated heterocycles. The van der Waals surface area contributed by atoms with E-state index in [1.54, 1.807) is 12.1 Å². The third-order valence-corrected chi connectivity index (χ3v) is 4.01. The standard InChI is InChI=1S/C21H19N3O3.2ClH.Fe/c1-14-4-6-17(7-5-14)22-15(2)20-12-13-21(27-20)16(3)23-18-8-10-19(11-9-18)24(25)26;;;/h4-13H,1-3H3;2*1H;/q;;;+2/p-2. The molecule has 0 atom stereocenters. The molecule has 30 heavy (non-hydrogen) atoms. The van der Waals surface area contributed by atoms with Crippen LogP contribution in [0.15, 0.2) is 75.1 Å². The van der Waals surface area contributed by atoms with E-state index in [0.29, 0.717) is 22.9 Å². The van der Waals surface area contributed by atoms with Gasteiger partial charge in [0.25, 0.3) is 5.69 Å². The fourth-order valence-corrected chi connectivity index (χ4v) is 2.49. The number of hydrogen-bond donors (Lipinski definition) is 0.